The maximum absolute atomic E-state index is 12.4. The average molecular weight is 375 g/mol. The van der Waals surface area contributed by atoms with Crippen molar-refractivity contribution in [3.63, 3.8) is 0 Å². The van der Waals surface area contributed by atoms with Gasteiger partial charge in [-0.15, -0.1) is 0 Å². The van der Waals surface area contributed by atoms with Gasteiger partial charge in [-0.2, -0.15) is 5.10 Å². The number of nitrogens with zero attached hydrogens (tertiary/aromatic N) is 4. The van der Waals surface area contributed by atoms with Gasteiger partial charge in [0, 0.05) is 42.4 Å². The van der Waals surface area contributed by atoms with Crippen LogP contribution in [0.2, 0.25) is 0 Å². The minimum Gasteiger partial charge on any atom is -0.372 e. The number of nitrogens with one attached hydrogen (secondary N) is 1. The molecule has 1 amide bonds. The van der Waals surface area contributed by atoms with Gasteiger partial charge in [-0.05, 0) is 62.7 Å². The molecule has 0 aliphatic heterocycles. The van der Waals surface area contributed by atoms with Crippen LogP contribution in [0.25, 0.3) is 5.69 Å². The second kappa shape index (κ2) is 8.99. The Balaban J connectivity index is 1.64. The summed E-state index contributed by atoms with van der Waals surface area (Å²) in [5.41, 5.74) is 7.04. The van der Waals surface area contributed by atoms with Crippen LogP contribution in [0, 0.1) is 0 Å². The lowest BCUT2D eigenvalue weighted by atomic mass is 10.1. The quantitative estimate of drug-likeness (QED) is 0.504. The number of hydrogen-bond donors (Lipinski definition) is 1. The Labute approximate surface area is 165 Å². The van der Waals surface area contributed by atoms with Crippen LogP contribution in [0.3, 0.4) is 0 Å². The molecular weight excluding hydrogens is 350 g/mol. The topological polar surface area (TPSA) is 62.5 Å². The molecule has 0 bridgehead atoms. The molecule has 0 saturated heterocycles. The van der Waals surface area contributed by atoms with E-state index in [1.54, 1.807) is 12.5 Å². The Morgan fingerprint density at radius 2 is 1.68 bits per heavy atom. The van der Waals surface area contributed by atoms with E-state index in [0.29, 0.717) is 5.56 Å². The number of benzene rings is 2. The lowest BCUT2D eigenvalue weighted by Crippen LogP contribution is -2.22. The van der Waals surface area contributed by atoms with Crippen molar-refractivity contribution in [2.24, 2.45) is 5.10 Å². The molecule has 0 spiro atoms. The summed E-state index contributed by atoms with van der Waals surface area (Å²) >= 11 is 0. The molecule has 2 aromatic carbocycles. The summed E-state index contributed by atoms with van der Waals surface area (Å²) in [6.07, 6.45) is 5.38. The summed E-state index contributed by atoms with van der Waals surface area (Å²) < 4.78 is 1.93. The average Bonchev–Trinajstić information content (AvgIpc) is 3.28. The summed E-state index contributed by atoms with van der Waals surface area (Å²) in [4.78, 5) is 18.6. The highest BCUT2D eigenvalue weighted by Gasteiger charge is 2.07. The molecule has 6 nitrogen and oxygen atoms in total. The molecule has 0 aliphatic rings. The van der Waals surface area contributed by atoms with Gasteiger partial charge in [0.15, 0.2) is 0 Å². The minimum absolute atomic E-state index is 0.222. The molecule has 0 radical (unpaired) electrons. The third-order valence-electron chi connectivity index (χ3n) is 4.67. The van der Waals surface area contributed by atoms with Crippen molar-refractivity contribution in [2.45, 2.75) is 20.8 Å². The van der Waals surface area contributed by atoms with Gasteiger partial charge in [-0.25, -0.2) is 10.4 Å². The van der Waals surface area contributed by atoms with Crippen molar-refractivity contribution >= 4 is 17.3 Å². The molecule has 0 atom stereocenters. The van der Waals surface area contributed by atoms with E-state index >= 15 is 0 Å². The Morgan fingerprint density at radius 3 is 2.25 bits per heavy atom. The predicted molar refractivity (Wildman–Crippen MR) is 113 cm³/mol. The number of anilines is 1. The lowest BCUT2D eigenvalue weighted by molar-refractivity contribution is 0.0955. The monoisotopic (exact) mass is 375 g/mol. The first-order valence-electron chi connectivity index (χ1n) is 9.40. The molecule has 1 N–H and O–H groups in total. The van der Waals surface area contributed by atoms with Crippen LogP contribution in [-0.2, 0) is 0 Å². The third kappa shape index (κ3) is 4.46. The molecule has 0 saturated carbocycles. The van der Waals surface area contributed by atoms with E-state index in [9.17, 15) is 4.79 Å². The van der Waals surface area contributed by atoms with Crippen molar-refractivity contribution in [3.8, 4) is 5.69 Å². The molecule has 1 aromatic heterocycles. The predicted octanol–water partition coefficient (Wildman–Crippen LogP) is 3.87. The number of hydrazone groups is 1. The van der Waals surface area contributed by atoms with Gasteiger partial charge in [0.05, 0.1) is 12.0 Å². The van der Waals surface area contributed by atoms with Crippen LogP contribution in [0.1, 0.15) is 36.7 Å². The number of rotatable bonds is 7. The van der Waals surface area contributed by atoms with E-state index in [-0.39, 0.29) is 5.91 Å². The molecule has 6 heteroatoms. The second-order valence-corrected chi connectivity index (χ2v) is 6.37. The Bertz CT molecular complexity index is 924. The Morgan fingerprint density at radius 1 is 1.04 bits per heavy atom. The van der Waals surface area contributed by atoms with Gasteiger partial charge in [-0.1, -0.05) is 12.1 Å². The van der Waals surface area contributed by atoms with Crippen LogP contribution < -0.4 is 10.3 Å². The molecule has 144 valence electrons. The minimum atomic E-state index is -0.222. The lowest BCUT2D eigenvalue weighted by Gasteiger charge is -2.20. The van der Waals surface area contributed by atoms with Gasteiger partial charge in [0.1, 0.15) is 0 Å². The van der Waals surface area contributed by atoms with Crippen LogP contribution in [0.15, 0.2) is 72.4 Å². The zero-order chi connectivity index (χ0) is 19.9. The first-order chi connectivity index (χ1) is 13.6. The summed E-state index contributed by atoms with van der Waals surface area (Å²) in [6, 6.07) is 15.5. The highest BCUT2D eigenvalue weighted by Crippen LogP contribution is 2.15. The maximum atomic E-state index is 12.4. The van der Waals surface area contributed by atoms with E-state index < -0.39 is 0 Å². The molecule has 0 fully saturated rings. The molecule has 1 heterocycles. The molecule has 3 rings (SSSR count). The van der Waals surface area contributed by atoms with Gasteiger partial charge >= 0.3 is 0 Å². The van der Waals surface area contributed by atoms with Gasteiger partial charge < -0.3 is 9.47 Å². The van der Waals surface area contributed by atoms with E-state index in [0.717, 1.165) is 35.7 Å². The summed E-state index contributed by atoms with van der Waals surface area (Å²) in [5.74, 6) is -0.222. The Hall–Kier alpha value is -3.41. The highest BCUT2D eigenvalue weighted by atomic mass is 16.2. The normalized spacial score (nSPS) is 11.3. The summed E-state index contributed by atoms with van der Waals surface area (Å²) in [5, 5.41) is 4.24. The fourth-order valence-electron chi connectivity index (χ4n) is 2.96. The van der Waals surface area contributed by atoms with Gasteiger partial charge in [0.2, 0.25) is 0 Å². The second-order valence-electron chi connectivity index (χ2n) is 6.37. The largest absolute Gasteiger partial charge is 0.372 e. The first-order valence-corrected chi connectivity index (χ1v) is 9.40. The summed E-state index contributed by atoms with van der Waals surface area (Å²) in [6.45, 7) is 7.97. The van der Waals surface area contributed by atoms with Crippen molar-refractivity contribution in [1.82, 2.24) is 15.0 Å². The number of imidazole rings is 1. The number of hydrogen-bond acceptors (Lipinski definition) is 4. The maximum Gasteiger partial charge on any atom is 0.271 e. The summed E-state index contributed by atoms with van der Waals surface area (Å²) in [7, 11) is 0. The third-order valence-corrected chi connectivity index (χ3v) is 4.67. The molecular formula is C22H25N5O. The van der Waals surface area contributed by atoms with E-state index in [1.807, 2.05) is 66.2 Å². The number of aromatic nitrogens is 2. The van der Waals surface area contributed by atoms with Crippen LogP contribution in [0.4, 0.5) is 5.69 Å². The van der Waals surface area contributed by atoms with Crippen molar-refractivity contribution in [1.29, 1.82) is 0 Å². The SMILES string of the molecule is CCN(CC)c1ccc(C(=O)NN=C(C)c2ccc(-n3ccnc3)cc2)cc1. The van der Waals surface area contributed by atoms with Crippen molar-refractivity contribution < 1.29 is 4.79 Å². The van der Waals surface area contributed by atoms with Crippen molar-refractivity contribution in [2.75, 3.05) is 18.0 Å². The number of carbonyl (C=O) groups is 1. The number of carbonyl (C=O) groups excluding carboxylic acids is 1. The smallest absolute Gasteiger partial charge is 0.271 e. The molecule has 3 aromatic rings. The fraction of sp³-hybridized carbons (Fsp3) is 0.227. The van der Waals surface area contributed by atoms with E-state index in [4.69, 9.17) is 0 Å². The van der Waals surface area contributed by atoms with Crippen LogP contribution in [0.5, 0.6) is 0 Å². The Kier molecular flexibility index (Phi) is 6.22. The molecule has 28 heavy (non-hydrogen) atoms. The van der Waals surface area contributed by atoms with Gasteiger partial charge in [-0.3, -0.25) is 4.79 Å². The standard InChI is InChI=1S/C22H25N5O/c1-4-26(5-2)20-12-8-19(9-13-20)22(28)25-24-17(3)18-6-10-21(11-7-18)27-15-14-23-16-27/h6-16H,4-5H2,1-3H3,(H,25,28). The molecule has 0 aliphatic carbocycles. The van der Waals surface area contributed by atoms with Crippen LogP contribution in [-0.4, -0.2) is 34.3 Å². The van der Waals surface area contributed by atoms with Crippen LogP contribution >= 0.6 is 0 Å². The highest BCUT2D eigenvalue weighted by molar-refractivity contribution is 6.01. The first kappa shape index (κ1) is 19.4. The fourth-order valence-corrected chi connectivity index (χ4v) is 2.96. The molecule has 0 unspecified atom stereocenters. The zero-order valence-electron chi connectivity index (χ0n) is 16.5. The van der Waals surface area contributed by atoms with E-state index in [1.165, 1.54) is 0 Å². The number of amides is 1. The van der Waals surface area contributed by atoms with E-state index in [2.05, 4.69) is 34.3 Å². The van der Waals surface area contributed by atoms with Gasteiger partial charge in [0.25, 0.3) is 5.91 Å². The zero-order valence-corrected chi connectivity index (χ0v) is 16.5. The van der Waals surface area contributed by atoms with Crippen molar-refractivity contribution in [3.05, 3.63) is 78.4 Å².